The Hall–Kier alpha value is -3.15. The largest absolute Gasteiger partial charge is 0.508 e. The number of esters is 1. The number of carbonyl (C=O) groups is 1. The molecule has 1 heterocycles. The monoisotopic (exact) mass is 431 g/mol. The van der Waals surface area contributed by atoms with Crippen LogP contribution in [0, 0.1) is 0 Å². The topological polar surface area (TPSA) is 92.8 Å². The Morgan fingerprint density at radius 3 is 2.50 bits per heavy atom. The maximum Gasteiger partial charge on any atom is 0.338 e. The zero-order chi connectivity index (χ0) is 22.9. The number of phenols is 1. The normalized spacial score (nSPS) is 16.2. The zero-order valence-corrected chi connectivity index (χ0v) is 18.4. The smallest absolute Gasteiger partial charge is 0.338 e. The van der Waals surface area contributed by atoms with Gasteiger partial charge >= 0.3 is 5.97 Å². The molecule has 0 radical (unpaired) electrons. The second-order valence-electron chi connectivity index (χ2n) is 9.35. The van der Waals surface area contributed by atoms with E-state index < -0.39 is 11.6 Å². The molecule has 5 heteroatoms. The van der Waals surface area contributed by atoms with Gasteiger partial charge in [0.2, 0.25) is 0 Å². The average molecular weight is 432 g/mol. The number of nitrogens with two attached hydrogens (primary N) is 1. The minimum Gasteiger partial charge on any atom is -0.508 e. The summed E-state index contributed by atoms with van der Waals surface area (Å²) in [5.74, 6) is -0.186. The summed E-state index contributed by atoms with van der Waals surface area (Å²) >= 11 is 0. The number of aliphatic hydroxyl groups is 1. The van der Waals surface area contributed by atoms with E-state index in [0.29, 0.717) is 12.0 Å². The molecule has 2 unspecified atom stereocenters. The molecular formula is C27H29NO4. The molecule has 0 spiro atoms. The van der Waals surface area contributed by atoms with E-state index in [-0.39, 0.29) is 30.2 Å². The van der Waals surface area contributed by atoms with Crippen molar-refractivity contribution in [1.29, 1.82) is 0 Å². The number of hydrogen-bond donors (Lipinski definition) is 3. The van der Waals surface area contributed by atoms with E-state index in [1.807, 2.05) is 30.3 Å². The van der Waals surface area contributed by atoms with Crippen molar-refractivity contribution >= 4 is 5.97 Å². The highest BCUT2D eigenvalue weighted by Gasteiger charge is 2.41. The molecule has 0 bridgehead atoms. The number of fused-ring (bicyclic) bond motifs is 1. The van der Waals surface area contributed by atoms with Crippen molar-refractivity contribution in [3.63, 3.8) is 0 Å². The Morgan fingerprint density at radius 2 is 1.78 bits per heavy atom. The van der Waals surface area contributed by atoms with Gasteiger partial charge in [0.15, 0.2) is 0 Å². The quantitative estimate of drug-likeness (QED) is 0.482. The highest BCUT2D eigenvalue weighted by Crippen LogP contribution is 2.40. The molecule has 4 rings (SSSR count). The summed E-state index contributed by atoms with van der Waals surface area (Å²) in [5, 5.41) is 22.0. The van der Waals surface area contributed by atoms with E-state index in [9.17, 15) is 15.0 Å². The number of ether oxygens (including phenoxy) is 1. The first-order valence-corrected chi connectivity index (χ1v) is 10.8. The number of phenolic OH excluding ortho intramolecular Hbond substituents is 1. The number of rotatable bonds is 7. The highest BCUT2D eigenvalue weighted by molar-refractivity contribution is 5.93. The maximum absolute atomic E-state index is 12.1. The average Bonchev–Trinajstić information content (AvgIpc) is 3.13. The van der Waals surface area contributed by atoms with E-state index in [1.54, 1.807) is 30.3 Å². The third kappa shape index (κ3) is 4.40. The van der Waals surface area contributed by atoms with Gasteiger partial charge in [0, 0.05) is 12.0 Å². The Kier molecular flexibility index (Phi) is 5.80. The second kappa shape index (κ2) is 8.41. The van der Waals surface area contributed by atoms with Crippen molar-refractivity contribution in [2.75, 3.05) is 0 Å². The van der Waals surface area contributed by atoms with Crippen molar-refractivity contribution in [3.8, 4) is 5.75 Å². The van der Waals surface area contributed by atoms with Gasteiger partial charge in [-0.3, -0.25) is 0 Å². The van der Waals surface area contributed by atoms with E-state index >= 15 is 0 Å². The summed E-state index contributed by atoms with van der Waals surface area (Å²) in [7, 11) is 0. The molecule has 0 aliphatic carbocycles. The van der Waals surface area contributed by atoms with Crippen LogP contribution in [-0.2, 0) is 23.2 Å². The zero-order valence-electron chi connectivity index (χ0n) is 18.4. The van der Waals surface area contributed by atoms with E-state index in [4.69, 9.17) is 10.5 Å². The van der Waals surface area contributed by atoms with Crippen molar-refractivity contribution in [2.24, 2.45) is 5.73 Å². The van der Waals surface area contributed by atoms with Gasteiger partial charge in [-0.05, 0) is 52.8 Å². The number of cyclic esters (lactones) is 1. The Morgan fingerprint density at radius 1 is 1.03 bits per heavy atom. The summed E-state index contributed by atoms with van der Waals surface area (Å²) in [6, 6.07) is 21.6. The lowest BCUT2D eigenvalue weighted by Gasteiger charge is -2.41. The van der Waals surface area contributed by atoms with Gasteiger partial charge in [0.05, 0.1) is 17.2 Å². The summed E-state index contributed by atoms with van der Waals surface area (Å²) < 4.78 is 5.12. The van der Waals surface area contributed by atoms with Crippen molar-refractivity contribution < 1.29 is 19.7 Å². The Labute approximate surface area is 188 Å². The fraction of sp³-hybridized carbons (Fsp3) is 0.296. The first-order chi connectivity index (χ1) is 15.2. The fourth-order valence-corrected chi connectivity index (χ4v) is 4.72. The molecule has 3 aromatic carbocycles. The van der Waals surface area contributed by atoms with Gasteiger partial charge in [-0.25, -0.2) is 4.79 Å². The van der Waals surface area contributed by atoms with Crippen LogP contribution in [0.3, 0.4) is 0 Å². The number of hydrogen-bond acceptors (Lipinski definition) is 5. The van der Waals surface area contributed by atoms with Gasteiger partial charge in [-0.2, -0.15) is 0 Å². The number of benzene rings is 3. The summed E-state index contributed by atoms with van der Waals surface area (Å²) in [5.41, 5.74) is 9.03. The first kappa shape index (κ1) is 22.1. The Bertz CT molecular complexity index is 1130. The SMILES string of the molecule is CC(C)(CC(O)(Cc1cccc(O)c1)C(N)c1ccc2c(c1)COC2=O)c1ccccc1. The van der Waals surface area contributed by atoms with Gasteiger partial charge in [0.1, 0.15) is 12.4 Å². The van der Waals surface area contributed by atoms with Gasteiger partial charge in [-0.1, -0.05) is 62.4 Å². The van der Waals surface area contributed by atoms with Gasteiger partial charge < -0.3 is 20.7 Å². The predicted octanol–water partition coefficient (Wildman–Crippen LogP) is 4.40. The molecule has 1 aliphatic heterocycles. The van der Waals surface area contributed by atoms with Crippen molar-refractivity contribution in [3.05, 3.63) is 101 Å². The van der Waals surface area contributed by atoms with E-state index in [0.717, 1.165) is 22.3 Å². The van der Waals surface area contributed by atoms with E-state index in [2.05, 4.69) is 26.0 Å². The summed E-state index contributed by atoms with van der Waals surface area (Å²) in [6.07, 6.45) is 0.665. The number of carbonyl (C=O) groups excluding carboxylic acids is 1. The standard InChI is InChI=1S/C27H29NO4/c1-26(2,21-8-4-3-5-9-21)17-27(31,15-18-7-6-10-22(29)13-18)24(28)19-11-12-23-20(14-19)16-32-25(23)30/h3-14,24,29,31H,15-17,28H2,1-2H3. The van der Waals surface area contributed by atoms with Crippen LogP contribution in [0.25, 0.3) is 0 Å². The molecule has 3 aromatic rings. The van der Waals surface area contributed by atoms with Crippen LogP contribution >= 0.6 is 0 Å². The minimum absolute atomic E-state index is 0.147. The number of aromatic hydroxyl groups is 1. The lowest BCUT2D eigenvalue weighted by Crippen LogP contribution is -2.47. The van der Waals surface area contributed by atoms with Crippen LogP contribution in [0.2, 0.25) is 0 Å². The third-order valence-corrected chi connectivity index (χ3v) is 6.37. The molecule has 0 fully saturated rings. The Balaban J connectivity index is 1.72. The minimum atomic E-state index is -1.31. The fourth-order valence-electron chi connectivity index (χ4n) is 4.72. The van der Waals surface area contributed by atoms with Crippen molar-refractivity contribution in [2.45, 2.75) is 50.4 Å². The molecule has 0 aromatic heterocycles. The van der Waals surface area contributed by atoms with E-state index in [1.165, 1.54) is 0 Å². The van der Waals surface area contributed by atoms with Crippen LogP contribution in [0.5, 0.6) is 5.75 Å². The molecule has 0 saturated heterocycles. The lowest BCUT2D eigenvalue weighted by molar-refractivity contribution is -0.0118. The van der Waals surface area contributed by atoms with Crippen LogP contribution < -0.4 is 5.73 Å². The van der Waals surface area contributed by atoms with Crippen LogP contribution in [0.15, 0.2) is 72.8 Å². The lowest BCUT2D eigenvalue weighted by atomic mass is 9.69. The summed E-state index contributed by atoms with van der Waals surface area (Å²) in [6.45, 7) is 4.41. The van der Waals surface area contributed by atoms with Crippen molar-refractivity contribution in [1.82, 2.24) is 0 Å². The second-order valence-corrected chi connectivity index (χ2v) is 9.35. The molecule has 0 amide bonds. The van der Waals surface area contributed by atoms with Crippen LogP contribution in [0.1, 0.15) is 58.9 Å². The van der Waals surface area contributed by atoms with Gasteiger partial charge in [-0.15, -0.1) is 0 Å². The summed E-state index contributed by atoms with van der Waals surface area (Å²) in [4.78, 5) is 11.8. The maximum atomic E-state index is 12.1. The highest BCUT2D eigenvalue weighted by atomic mass is 16.5. The third-order valence-electron chi connectivity index (χ3n) is 6.37. The molecule has 4 N–H and O–H groups in total. The van der Waals surface area contributed by atoms with Gasteiger partial charge in [0.25, 0.3) is 0 Å². The molecular weight excluding hydrogens is 402 g/mol. The first-order valence-electron chi connectivity index (χ1n) is 10.8. The molecule has 166 valence electrons. The predicted molar refractivity (Wildman–Crippen MR) is 123 cm³/mol. The molecule has 0 saturated carbocycles. The molecule has 2 atom stereocenters. The van der Waals surface area contributed by atoms with Crippen LogP contribution in [-0.4, -0.2) is 21.8 Å². The van der Waals surface area contributed by atoms with Crippen LogP contribution in [0.4, 0.5) is 0 Å². The molecule has 1 aliphatic rings. The molecule has 32 heavy (non-hydrogen) atoms. The molecule has 5 nitrogen and oxygen atoms in total.